The van der Waals surface area contributed by atoms with Crippen molar-refractivity contribution in [2.24, 2.45) is 11.1 Å². The monoisotopic (exact) mass is 301 g/mol. The molecule has 0 amide bonds. The highest BCUT2D eigenvalue weighted by Crippen LogP contribution is 2.32. The standard InChI is InChI=1S/C12H19N3O4S/c1-4-8(2)9(3)14-10-6-5-7-11(20(13,18)19)12(10)15(16)17/h5-9,14H,4H2,1-3H3,(H2,13,18,19)/t8-,9-/m1/s1. The Morgan fingerprint density at radius 3 is 2.45 bits per heavy atom. The van der Waals surface area contributed by atoms with Crippen LogP contribution in [-0.2, 0) is 10.0 Å². The summed E-state index contributed by atoms with van der Waals surface area (Å²) in [7, 11) is -4.14. The van der Waals surface area contributed by atoms with Gasteiger partial charge < -0.3 is 5.32 Å². The summed E-state index contributed by atoms with van der Waals surface area (Å²) in [5, 5.41) is 19.2. The molecular formula is C12H19N3O4S. The van der Waals surface area contributed by atoms with Crippen LogP contribution in [0.4, 0.5) is 11.4 Å². The van der Waals surface area contributed by atoms with E-state index < -0.39 is 25.5 Å². The molecule has 0 aromatic heterocycles. The quantitative estimate of drug-likeness (QED) is 0.616. The van der Waals surface area contributed by atoms with Gasteiger partial charge in [0.2, 0.25) is 10.0 Å². The highest BCUT2D eigenvalue weighted by atomic mass is 32.2. The Labute approximate surface area is 118 Å². The number of nitro groups is 1. The smallest absolute Gasteiger partial charge is 0.312 e. The first kappa shape index (κ1) is 16.4. The molecule has 0 saturated carbocycles. The molecule has 3 N–H and O–H groups in total. The number of nitrogens with one attached hydrogen (secondary N) is 1. The molecule has 20 heavy (non-hydrogen) atoms. The molecule has 2 atom stereocenters. The molecule has 1 rings (SSSR count). The minimum atomic E-state index is -4.14. The number of benzene rings is 1. The first-order valence-electron chi connectivity index (χ1n) is 6.25. The molecule has 0 bridgehead atoms. The summed E-state index contributed by atoms with van der Waals surface area (Å²) >= 11 is 0. The van der Waals surface area contributed by atoms with Gasteiger partial charge in [-0.25, -0.2) is 13.6 Å². The highest BCUT2D eigenvalue weighted by molar-refractivity contribution is 7.89. The predicted octanol–water partition coefficient (Wildman–Crippen LogP) is 2.09. The molecule has 0 heterocycles. The first-order chi connectivity index (χ1) is 9.18. The maximum absolute atomic E-state index is 11.4. The maximum atomic E-state index is 11.4. The molecule has 0 radical (unpaired) electrons. The Balaban J connectivity index is 3.31. The third-order valence-electron chi connectivity index (χ3n) is 3.37. The van der Waals surface area contributed by atoms with Crippen molar-refractivity contribution in [2.45, 2.75) is 38.1 Å². The average molecular weight is 301 g/mol. The van der Waals surface area contributed by atoms with Crippen molar-refractivity contribution < 1.29 is 13.3 Å². The van der Waals surface area contributed by atoms with Crippen molar-refractivity contribution in [3.8, 4) is 0 Å². The summed E-state index contributed by atoms with van der Waals surface area (Å²) < 4.78 is 22.9. The molecule has 0 aliphatic heterocycles. The van der Waals surface area contributed by atoms with Gasteiger partial charge in [0, 0.05) is 6.04 Å². The molecule has 0 spiro atoms. The summed E-state index contributed by atoms with van der Waals surface area (Å²) in [5.41, 5.74) is -0.348. The van der Waals surface area contributed by atoms with Gasteiger partial charge in [-0.15, -0.1) is 0 Å². The second-order valence-electron chi connectivity index (χ2n) is 4.77. The molecule has 0 fully saturated rings. The van der Waals surface area contributed by atoms with Crippen LogP contribution in [0, 0.1) is 16.0 Å². The third-order valence-corrected chi connectivity index (χ3v) is 4.31. The van der Waals surface area contributed by atoms with E-state index in [1.54, 1.807) is 0 Å². The molecule has 1 aromatic rings. The van der Waals surface area contributed by atoms with Gasteiger partial charge in [0.25, 0.3) is 0 Å². The molecule has 0 aliphatic carbocycles. The summed E-state index contributed by atoms with van der Waals surface area (Å²) in [6, 6.07) is 4.01. The fourth-order valence-electron chi connectivity index (χ4n) is 1.80. The lowest BCUT2D eigenvalue weighted by molar-refractivity contribution is -0.386. The van der Waals surface area contributed by atoms with Gasteiger partial charge in [0.1, 0.15) is 5.69 Å². The van der Waals surface area contributed by atoms with Crippen LogP contribution in [0.2, 0.25) is 0 Å². The summed E-state index contributed by atoms with van der Waals surface area (Å²) in [4.78, 5) is 9.94. The van der Waals surface area contributed by atoms with Gasteiger partial charge in [-0.1, -0.05) is 26.3 Å². The number of nitro benzene ring substituents is 1. The number of para-hydroxylation sites is 1. The number of hydrogen-bond donors (Lipinski definition) is 2. The van der Waals surface area contributed by atoms with Gasteiger partial charge in [0.05, 0.1) is 4.92 Å². The van der Waals surface area contributed by atoms with E-state index in [1.165, 1.54) is 12.1 Å². The van der Waals surface area contributed by atoms with Crippen LogP contribution >= 0.6 is 0 Å². The van der Waals surface area contributed by atoms with Crippen molar-refractivity contribution in [1.82, 2.24) is 0 Å². The van der Waals surface area contributed by atoms with Gasteiger partial charge in [-0.05, 0) is 25.0 Å². The van der Waals surface area contributed by atoms with Crippen molar-refractivity contribution in [3.05, 3.63) is 28.3 Å². The van der Waals surface area contributed by atoms with Crippen molar-refractivity contribution >= 4 is 21.4 Å². The van der Waals surface area contributed by atoms with Crippen LogP contribution < -0.4 is 10.5 Å². The van der Waals surface area contributed by atoms with E-state index in [-0.39, 0.29) is 17.6 Å². The number of rotatable bonds is 6. The SMILES string of the molecule is CC[C@@H](C)[C@@H](C)Nc1cccc(S(N)(=O)=O)c1[N+](=O)[O-]. The Bertz CT molecular complexity index is 601. The van der Waals surface area contributed by atoms with Gasteiger partial charge in [0.15, 0.2) is 4.90 Å². The number of nitrogens with zero attached hydrogens (tertiary/aromatic N) is 1. The first-order valence-corrected chi connectivity index (χ1v) is 7.79. The van der Waals surface area contributed by atoms with Gasteiger partial charge >= 0.3 is 5.69 Å². The maximum Gasteiger partial charge on any atom is 0.312 e. The minimum absolute atomic E-state index is 0.0329. The zero-order chi connectivity index (χ0) is 15.5. The van der Waals surface area contributed by atoms with Crippen LogP contribution in [0.3, 0.4) is 0 Å². The molecule has 0 aliphatic rings. The minimum Gasteiger partial charge on any atom is -0.377 e. The normalized spacial score (nSPS) is 14.6. The summed E-state index contributed by atoms with van der Waals surface area (Å²) in [6.07, 6.45) is 0.900. The largest absolute Gasteiger partial charge is 0.377 e. The van der Waals surface area contributed by atoms with E-state index >= 15 is 0 Å². The Kier molecular flexibility index (Phi) is 5.07. The zero-order valence-corrected chi connectivity index (χ0v) is 12.5. The second kappa shape index (κ2) is 6.19. The van der Waals surface area contributed by atoms with E-state index in [2.05, 4.69) is 5.32 Å². The molecular weight excluding hydrogens is 282 g/mol. The molecule has 1 aromatic carbocycles. The van der Waals surface area contributed by atoms with E-state index in [1.807, 2.05) is 20.8 Å². The topological polar surface area (TPSA) is 115 Å². The fraction of sp³-hybridized carbons (Fsp3) is 0.500. The van der Waals surface area contributed by atoms with Crippen molar-refractivity contribution in [2.75, 3.05) is 5.32 Å². The number of nitrogens with two attached hydrogens (primary N) is 1. The molecule has 0 saturated heterocycles. The van der Waals surface area contributed by atoms with Gasteiger partial charge in [-0.3, -0.25) is 10.1 Å². The van der Waals surface area contributed by atoms with Crippen molar-refractivity contribution in [3.63, 3.8) is 0 Å². The van der Waals surface area contributed by atoms with Gasteiger partial charge in [-0.2, -0.15) is 0 Å². The lowest BCUT2D eigenvalue weighted by Crippen LogP contribution is -2.24. The zero-order valence-electron chi connectivity index (χ0n) is 11.7. The number of sulfonamides is 1. The van der Waals surface area contributed by atoms with E-state index in [0.717, 1.165) is 12.5 Å². The third kappa shape index (κ3) is 3.67. The van der Waals surface area contributed by atoms with Crippen molar-refractivity contribution in [1.29, 1.82) is 0 Å². The Morgan fingerprint density at radius 2 is 2.00 bits per heavy atom. The molecule has 7 nitrogen and oxygen atoms in total. The summed E-state index contributed by atoms with van der Waals surface area (Å²) in [6.45, 7) is 5.91. The van der Waals surface area contributed by atoms with Crippen LogP contribution in [0.5, 0.6) is 0 Å². The Hall–Kier alpha value is -1.67. The summed E-state index contributed by atoms with van der Waals surface area (Å²) in [5.74, 6) is 0.285. The number of hydrogen-bond acceptors (Lipinski definition) is 5. The van der Waals surface area contributed by atoms with E-state index in [4.69, 9.17) is 5.14 Å². The van der Waals surface area contributed by atoms with E-state index in [9.17, 15) is 18.5 Å². The van der Waals surface area contributed by atoms with Crippen LogP contribution in [0.25, 0.3) is 0 Å². The van der Waals surface area contributed by atoms with E-state index in [0.29, 0.717) is 0 Å². The average Bonchev–Trinajstić information content (AvgIpc) is 2.36. The number of primary sulfonamides is 1. The molecule has 8 heteroatoms. The Morgan fingerprint density at radius 1 is 1.40 bits per heavy atom. The predicted molar refractivity (Wildman–Crippen MR) is 77.0 cm³/mol. The van der Waals surface area contributed by atoms with Crippen LogP contribution in [0.15, 0.2) is 23.1 Å². The fourth-order valence-corrected chi connectivity index (χ4v) is 2.52. The lowest BCUT2D eigenvalue weighted by Gasteiger charge is -2.21. The second-order valence-corrected chi connectivity index (χ2v) is 6.30. The molecule has 112 valence electrons. The lowest BCUT2D eigenvalue weighted by atomic mass is 10.0. The highest BCUT2D eigenvalue weighted by Gasteiger charge is 2.27. The van der Waals surface area contributed by atoms with Crippen LogP contribution in [0.1, 0.15) is 27.2 Å². The molecule has 0 unspecified atom stereocenters. The van der Waals surface area contributed by atoms with Crippen LogP contribution in [-0.4, -0.2) is 19.4 Å². The number of anilines is 1.